The number of hydrogen-bond acceptors (Lipinski definition) is 4. The molecule has 2 aliphatic rings. The second-order valence-electron chi connectivity index (χ2n) is 6.37. The molecule has 25 heavy (non-hydrogen) atoms. The lowest BCUT2D eigenvalue weighted by molar-refractivity contribution is -0.152. The smallest absolute Gasteiger partial charge is 0.326 e. The number of carboxylic acids is 1. The van der Waals surface area contributed by atoms with Crippen LogP contribution in [0.25, 0.3) is 0 Å². The van der Waals surface area contributed by atoms with Crippen molar-refractivity contribution in [3.8, 4) is 5.75 Å². The van der Waals surface area contributed by atoms with E-state index in [0.717, 1.165) is 24.9 Å². The van der Waals surface area contributed by atoms with Gasteiger partial charge in [0.05, 0.1) is 0 Å². The van der Waals surface area contributed by atoms with E-state index in [4.69, 9.17) is 4.74 Å². The molecule has 0 bridgehead atoms. The second-order valence-corrected chi connectivity index (χ2v) is 6.37. The van der Waals surface area contributed by atoms with Crippen LogP contribution in [0, 0.1) is 0 Å². The van der Waals surface area contributed by atoms with Gasteiger partial charge in [0.25, 0.3) is 5.91 Å². The summed E-state index contributed by atoms with van der Waals surface area (Å²) in [6, 6.07) is 6.31. The van der Waals surface area contributed by atoms with Gasteiger partial charge in [-0.25, -0.2) is 4.79 Å². The van der Waals surface area contributed by atoms with Gasteiger partial charge in [-0.2, -0.15) is 0 Å². The summed E-state index contributed by atoms with van der Waals surface area (Å²) >= 11 is 0. The van der Waals surface area contributed by atoms with Gasteiger partial charge in [0, 0.05) is 31.3 Å². The van der Waals surface area contributed by atoms with Crippen LogP contribution in [-0.2, 0) is 14.4 Å². The highest BCUT2D eigenvalue weighted by atomic mass is 16.5. The van der Waals surface area contributed by atoms with Crippen LogP contribution in [0.15, 0.2) is 24.3 Å². The van der Waals surface area contributed by atoms with E-state index in [-0.39, 0.29) is 18.4 Å². The van der Waals surface area contributed by atoms with Gasteiger partial charge < -0.3 is 19.6 Å². The first-order valence-electron chi connectivity index (χ1n) is 8.62. The molecule has 0 spiro atoms. The van der Waals surface area contributed by atoms with Gasteiger partial charge in [-0.05, 0) is 37.8 Å². The van der Waals surface area contributed by atoms with Crippen molar-refractivity contribution in [3.63, 3.8) is 0 Å². The molecule has 0 aromatic heterocycles. The Morgan fingerprint density at radius 3 is 2.76 bits per heavy atom. The molecule has 3 rings (SSSR count). The molecule has 1 atom stereocenters. The number of benzene rings is 1. The van der Waals surface area contributed by atoms with Crippen molar-refractivity contribution in [2.75, 3.05) is 24.6 Å². The maximum Gasteiger partial charge on any atom is 0.326 e. The molecule has 7 heteroatoms. The van der Waals surface area contributed by atoms with Crippen LogP contribution in [-0.4, -0.2) is 53.5 Å². The Morgan fingerprint density at radius 1 is 1.20 bits per heavy atom. The third-order valence-corrected chi connectivity index (χ3v) is 4.67. The molecule has 1 aromatic rings. The molecule has 0 aliphatic carbocycles. The summed E-state index contributed by atoms with van der Waals surface area (Å²) in [4.78, 5) is 38.6. The van der Waals surface area contributed by atoms with Gasteiger partial charge >= 0.3 is 5.97 Å². The van der Waals surface area contributed by atoms with Crippen molar-refractivity contribution in [1.82, 2.24) is 4.90 Å². The zero-order valence-corrected chi connectivity index (χ0v) is 14.0. The van der Waals surface area contributed by atoms with E-state index in [0.29, 0.717) is 31.7 Å². The van der Waals surface area contributed by atoms with Gasteiger partial charge in [0.1, 0.15) is 11.8 Å². The van der Waals surface area contributed by atoms with Crippen LogP contribution in [0.5, 0.6) is 5.75 Å². The van der Waals surface area contributed by atoms with Crippen molar-refractivity contribution >= 4 is 23.5 Å². The zero-order chi connectivity index (χ0) is 17.8. The van der Waals surface area contributed by atoms with Gasteiger partial charge in [-0.15, -0.1) is 0 Å². The van der Waals surface area contributed by atoms with Crippen LogP contribution in [0.2, 0.25) is 0 Å². The lowest BCUT2D eigenvalue weighted by atomic mass is 10.0. The molecule has 7 nitrogen and oxygen atoms in total. The number of nitrogens with zero attached hydrogens (tertiary/aromatic N) is 2. The van der Waals surface area contributed by atoms with Crippen molar-refractivity contribution < 1.29 is 24.2 Å². The molecule has 134 valence electrons. The number of carboxylic acid groups (broad SMARTS) is 1. The fourth-order valence-corrected chi connectivity index (χ4v) is 3.38. The van der Waals surface area contributed by atoms with Crippen LogP contribution in [0.3, 0.4) is 0 Å². The number of anilines is 1. The van der Waals surface area contributed by atoms with E-state index in [2.05, 4.69) is 0 Å². The highest BCUT2D eigenvalue weighted by molar-refractivity contribution is 5.95. The number of amides is 2. The summed E-state index contributed by atoms with van der Waals surface area (Å²) in [7, 11) is 0. The molecule has 2 heterocycles. The number of carbonyl (C=O) groups excluding carboxylic acids is 2. The van der Waals surface area contributed by atoms with Crippen LogP contribution in [0.4, 0.5) is 5.69 Å². The molecule has 0 unspecified atom stereocenters. The number of hydrogen-bond donors (Lipinski definition) is 1. The first kappa shape index (κ1) is 17.3. The molecule has 2 saturated heterocycles. The quantitative estimate of drug-likeness (QED) is 0.876. The Bertz CT molecular complexity index is 675. The molecule has 0 radical (unpaired) electrons. The monoisotopic (exact) mass is 346 g/mol. The summed E-state index contributed by atoms with van der Waals surface area (Å²) < 4.78 is 5.56. The summed E-state index contributed by atoms with van der Waals surface area (Å²) in [6.07, 6.45) is 3.49. The van der Waals surface area contributed by atoms with Crippen LogP contribution >= 0.6 is 0 Å². The third-order valence-electron chi connectivity index (χ3n) is 4.67. The lowest BCUT2D eigenvalue weighted by Crippen LogP contribution is -2.49. The first-order chi connectivity index (χ1) is 12.1. The summed E-state index contributed by atoms with van der Waals surface area (Å²) in [5.74, 6) is -0.711. The van der Waals surface area contributed by atoms with Crippen molar-refractivity contribution in [2.24, 2.45) is 0 Å². The predicted molar refractivity (Wildman–Crippen MR) is 90.5 cm³/mol. The van der Waals surface area contributed by atoms with Crippen LogP contribution in [0.1, 0.15) is 32.1 Å². The van der Waals surface area contributed by atoms with E-state index in [1.165, 1.54) is 4.90 Å². The summed E-state index contributed by atoms with van der Waals surface area (Å²) in [5, 5.41) is 9.25. The maximum atomic E-state index is 12.4. The number of ether oxygens (including phenoxy) is 1. The maximum absolute atomic E-state index is 12.4. The Labute approximate surface area is 146 Å². The summed E-state index contributed by atoms with van der Waals surface area (Å²) in [5.41, 5.74) is 0.758. The van der Waals surface area contributed by atoms with Gasteiger partial charge in [0.15, 0.2) is 6.61 Å². The summed E-state index contributed by atoms with van der Waals surface area (Å²) in [6.45, 7) is 0.929. The highest BCUT2D eigenvalue weighted by Gasteiger charge is 2.32. The molecular weight excluding hydrogens is 324 g/mol. The topological polar surface area (TPSA) is 87.2 Å². The van der Waals surface area contributed by atoms with Gasteiger partial charge in [-0.1, -0.05) is 6.07 Å². The second kappa shape index (κ2) is 7.55. The van der Waals surface area contributed by atoms with Gasteiger partial charge in [0.2, 0.25) is 5.91 Å². The number of piperidine rings is 1. The Hall–Kier alpha value is -2.57. The molecule has 0 saturated carbocycles. The molecule has 2 amide bonds. The average Bonchev–Trinajstić information content (AvgIpc) is 3.06. The van der Waals surface area contributed by atoms with E-state index < -0.39 is 12.0 Å². The fraction of sp³-hybridized carbons (Fsp3) is 0.500. The molecule has 1 aromatic carbocycles. The van der Waals surface area contributed by atoms with E-state index >= 15 is 0 Å². The van der Waals surface area contributed by atoms with Gasteiger partial charge in [-0.3, -0.25) is 9.59 Å². The Kier molecular flexibility index (Phi) is 5.21. The third kappa shape index (κ3) is 3.92. The minimum Gasteiger partial charge on any atom is -0.484 e. The Balaban J connectivity index is 1.62. The molecule has 1 N–H and O–H groups in total. The molecule has 2 fully saturated rings. The average molecular weight is 346 g/mol. The lowest BCUT2D eigenvalue weighted by Gasteiger charge is -2.32. The van der Waals surface area contributed by atoms with E-state index in [1.807, 2.05) is 6.07 Å². The predicted octanol–water partition coefficient (Wildman–Crippen LogP) is 1.66. The zero-order valence-electron chi connectivity index (χ0n) is 14.0. The fourth-order valence-electron chi connectivity index (χ4n) is 3.38. The number of rotatable bonds is 5. The number of likely N-dealkylation sites (tertiary alicyclic amines) is 1. The van der Waals surface area contributed by atoms with Crippen molar-refractivity contribution in [1.29, 1.82) is 0 Å². The highest BCUT2D eigenvalue weighted by Crippen LogP contribution is 2.25. The van der Waals surface area contributed by atoms with E-state index in [9.17, 15) is 19.5 Å². The first-order valence-corrected chi connectivity index (χ1v) is 8.62. The number of carbonyl (C=O) groups is 3. The number of aliphatic carboxylic acids is 1. The van der Waals surface area contributed by atoms with E-state index in [1.54, 1.807) is 23.1 Å². The largest absolute Gasteiger partial charge is 0.484 e. The SMILES string of the molecule is O=C(O)[C@H]1CCCCN1C(=O)COc1cccc(N2CCCC2=O)c1. The standard InChI is InChI=1S/C18H22N2O5/c21-16-8-4-10-19(16)13-5-3-6-14(11-13)25-12-17(22)20-9-2-1-7-15(20)18(23)24/h3,5-6,11,15H,1-2,4,7-10,12H2,(H,23,24)/t15-/m1/s1. The minimum atomic E-state index is -0.970. The Morgan fingerprint density at radius 2 is 2.04 bits per heavy atom. The van der Waals surface area contributed by atoms with Crippen molar-refractivity contribution in [3.05, 3.63) is 24.3 Å². The van der Waals surface area contributed by atoms with Crippen LogP contribution < -0.4 is 9.64 Å². The minimum absolute atomic E-state index is 0.0887. The molecule has 2 aliphatic heterocycles. The molecular formula is C18H22N2O5. The normalized spacial score (nSPS) is 20.6. The van der Waals surface area contributed by atoms with Crippen molar-refractivity contribution in [2.45, 2.75) is 38.1 Å².